The summed E-state index contributed by atoms with van der Waals surface area (Å²) in [5, 5.41) is 15.1. The average molecular weight is 270 g/mol. The van der Waals surface area contributed by atoms with E-state index in [9.17, 15) is 24.1 Å². The molecule has 0 fully saturated rings. The van der Waals surface area contributed by atoms with Crippen LogP contribution in [0.1, 0.15) is 10.4 Å². The molecule has 0 heterocycles. The van der Waals surface area contributed by atoms with Crippen LogP contribution in [-0.4, -0.2) is 30.0 Å². The zero-order valence-corrected chi connectivity index (χ0v) is 9.68. The van der Waals surface area contributed by atoms with Crippen molar-refractivity contribution in [1.29, 1.82) is 0 Å². The highest BCUT2D eigenvalue weighted by atomic mass is 19.1. The molecule has 8 nitrogen and oxygen atoms in total. The molecule has 0 aliphatic carbocycles. The molecule has 1 aromatic rings. The third-order valence-corrected chi connectivity index (χ3v) is 2.11. The van der Waals surface area contributed by atoms with Gasteiger partial charge in [0.05, 0.1) is 4.92 Å². The van der Waals surface area contributed by atoms with Gasteiger partial charge in [0, 0.05) is 24.7 Å². The number of primary amides is 1. The number of benzene rings is 1. The maximum absolute atomic E-state index is 13.0. The highest BCUT2D eigenvalue weighted by Gasteiger charge is 2.17. The smallest absolute Gasteiger partial charge is 0.312 e. The van der Waals surface area contributed by atoms with Crippen LogP contribution in [0.15, 0.2) is 18.2 Å². The van der Waals surface area contributed by atoms with Crippen LogP contribution in [0.5, 0.6) is 0 Å². The van der Waals surface area contributed by atoms with Gasteiger partial charge in [0.1, 0.15) is 0 Å². The lowest BCUT2D eigenvalue weighted by molar-refractivity contribution is -0.387. The van der Waals surface area contributed by atoms with Gasteiger partial charge in [-0.3, -0.25) is 14.9 Å². The van der Waals surface area contributed by atoms with E-state index in [1.807, 2.05) is 0 Å². The fourth-order valence-corrected chi connectivity index (χ4v) is 1.26. The Hall–Kier alpha value is -2.71. The van der Waals surface area contributed by atoms with Crippen molar-refractivity contribution in [3.63, 3.8) is 0 Å². The molecule has 0 atom stereocenters. The summed E-state index contributed by atoms with van der Waals surface area (Å²) in [5.74, 6) is -1.63. The molecule has 0 bridgehead atoms. The van der Waals surface area contributed by atoms with Crippen LogP contribution >= 0.6 is 0 Å². The Balaban J connectivity index is 2.65. The zero-order valence-electron chi connectivity index (χ0n) is 9.68. The molecule has 4 N–H and O–H groups in total. The van der Waals surface area contributed by atoms with Crippen molar-refractivity contribution in [2.24, 2.45) is 5.73 Å². The van der Waals surface area contributed by atoms with Crippen LogP contribution in [0, 0.1) is 15.9 Å². The van der Waals surface area contributed by atoms with E-state index in [2.05, 4.69) is 10.6 Å². The monoisotopic (exact) mass is 270 g/mol. The predicted molar refractivity (Wildman–Crippen MR) is 63.0 cm³/mol. The van der Waals surface area contributed by atoms with E-state index in [4.69, 9.17) is 5.73 Å². The number of carbonyl (C=O) groups is 2. The van der Waals surface area contributed by atoms with Crippen molar-refractivity contribution in [3.05, 3.63) is 39.7 Å². The molecule has 0 unspecified atom stereocenters. The number of nitrogens with zero attached hydrogens (tertiary/aromatic N) is 1. The summed E-state index contributed by atoms with van der Waals surface area (Å²) < 4.78 is 13.0. The van der Waals surface area contributed by atoms with Crippen LogP contribution in [0.3, 0.4) is 0 Å². The van der Waals surface area contributed by atoms with E-state index in [1.54, 1.807) is 0 Å². The predicted octanol–water partition coefficient (Wildman–Crippen LogP) is 0.132. The number of rotatable bonds is 5. The van der Waals surface area contributed by atoms with Gasteiger partial charge < -0.3 is 16.4 Å². The van der Waals surface area contributed by atoms with Crippen LogP contribution in [0.4, 0.5) is 14.9 Å². The number of hydrogen-bond acceptors (Lipinski definition) is 4. The van der Waals surface area contributed by atoms with Gasteiger partial charge >= 0.3 is 11.7 Å². The van der Waals surface area contributed by atoms with Crippen LogP contribution in [-0.2, 0) is 0 Å². The second-order valence-electron chi connectivity index (χ2n) is 3.47. The lowest BCUT2D eigenvalue weighted by Gasteiger charge is -2.05. The number of urea groups is 1. The maximum Gasteiger partial charge on any atom is 0.312 e. The minimum absolute atomic E-state index is 0.0489. The third kappa shape index (κ3) is 4.22. The highest BCUT2D eigenvalue weighted by molar-refractivity contribution is 5.94. The number of nitrogens with two attached hydrogens (primary N) is 1. The summed E-state index contributed by atoms with van der Waals surface area (Å²) in [4.78, 5) is 31.5. The molecule has 1 rings (SSSR count). The van der Waals surface area contributed by atoms with E-state index in [0.717, 1.165) is 18.2 Å². The van der Waals surface area contributed by atoms with E-state index in [1.165, 1.54) is 0 Å². The van der Waals surface area contributed by atoms with E-state index in [0.29, 0.717) is 0 Å². The Bertz CT molecular complexity index is 520. The first-order valence-electron chi connectivity index (χ1n) is 5.17. The minimum Gasteiger partial charge on any atom is -0.352 e. The minimum atomic E-state index is -1.02. The molecule has 1 aromatic carbocycles. The molecule has 0 radical (unpaired) electrons. The van der Waals surface area contributed by atoms with Crippen LogP contribution < -0.4 is 16.4 Å². The van der Waals surface area contributed by atoms with Gasteiger partial charge in [0.25, 0.3) is 5.91 Å². The van der Waals surface area contributed by atoms with Crippen molar-refractivity contribution >= 4 is 17.6 Å². The molecule has 0 aromatic heterocycles. The Morgan fingerprint density at radius 1 is 1.32 bits per heavy atom. The number of halogens is 1. The van der Waals surface area contributed by atoms with E-state index < -0.39 is 28.4 Å². The van der Waals surface area contributed by atoms with E-state index in [-0.39, 0.29) is 18.7 Å². The molecular formula is C10H11FN4O4. The number of carbonyl (C=O) groups excluding carboxylic acids is 2. The van der Waals surface area contributed by atoms with Gasteiger partial charge in [-0.2, -0.15) is 4.39 Å². The molecule has 0 aliphatic rings. The summed E-state index contributed by atoms with van der Waals surface area (Å²) in [6.45, 7) is 0.206. The topological polar surface area (TPSA) is 127 Å². The number of hydrogen-bond donors (Lipinski definition) is 3. The first kappa shape index (κ1) is 14.4. The number of nitro groups is 1. The molecule has 0 spiro atoms. The molecule has 19 heavy (non-hydrogen) atoms. The third-order valence-electron chi connectivity index (χ3n) is 2.11. The van der Waals surface area contributed by atoms with Crippen molar-refractivity contribution in [2.75, 3.05) is 13.1 Å². The van der Waals surface area contributed by atoms with Crippen molar-refractivity contribution < 1.29 is 18.9 Å². The molecule has 102 valence electrons. The summed E-state index contributed by atoms with van der Waals surface area (Å²) in [5.41, 5.74) is 3.99. The summed E-state index contributed by atoms with van der Waals surface area (Å²) in [6.07, 6.45) is 0. The van der Waals surface area contributed by atoms with Gasteiger partial charge in [0.2, 0.25) is 5.82 Å². The fraction of sp³-hybridized carbons (Fsp3) is 0.200. The van der Waals surface area contributed by atoms with Gasteiger partial charge in [-0.15, -0.1) is 0 Å². The van der Waals surface area contributed by atoms with Crippen molar-refractivity contribution in [1.82, 2.24) is 10.6 Å². The second kappa shape index (κ2) is 6.28. The quantitative estimate of drug-likeness (QED) is 0.399. The van der Waals surface area contributed by atoms with E-state index >= 15 is 0 Å². The fourth-order valence-electron chi connectivity index (χ4n) is 1.26. The first-order chi connectivity index (χ1) is 8.91. The highest BCUT2D eigenvalue weighted by Crippen LogP contribution is 2.18. The Morgan fingerprint density at radius 3 is 2.53 bits per heavy atom. The van der Waals surface area contributed by atoms with Crippen LogP contribution in [0.2, 0.25) is 0 Å². The largest absolute Gasteiger partial charge is 0.352 e. The maximum atomic E-state index is 13.0. The van der Waals surface area contributed by atoms with Crippen molar-refractivity contribution in [2.45, 2.75) is 0 Å². The number of amides is 3. The molecule has 9 heteroatoms. The molecule has 3 amide bonds. The van der Waals surface area contributed by atoms with Gasteiger partial charge in [-0.05, 0) is 12.1 Å². The molecular weight excluding hydrogens is 259 g/mol. The first-order valence-corrected chi connectivity index (χ1v) is 5.17. The van der Waals surface area contributed by atoms with Crippen molar-refractivity contribution in [3.8, 4) is 0 Å². The normalized spacial score (nSPS) is 9.74. The van der Waals surface area contributed by atoms with Crippen LogP contribution in [0.25, 0.3) is 0 Å². The molecule has 0 aliphatic heterocycles. The summed E-state index contributed by atoms with van der Waals surface area (Å²) >= 11 is 0. The van der Waals surface area contributed by atoms with Gasteiger partial charge in [-0.25, -0.2) is 4.79 Å². The summed E-state index contributed by atoms with van der Waals surface area (Å²) in [7, 11) is 0. The molecule has 0 saturated carbocycles. The standard InChI is InChI=1S/C10H11FN4O4/c11-7-2-1-6(5-8(7)15(18)19)9(16)13-3-4-14-10(12)17/h1-2,5H,3-4H2,(H,13,16)(H3,12,14,17). The lowest BCUT2D eigenvalue weighted by atomic mass is 10.2. The summed E-state index contributed by atoms with van der Waals surface area (Å²) in [6, 6.07) is 2.08. The Kier molecular flexibility index (Phi) is 4.75. The van der Waals surface area contributed by atoms with Gasteiger partial charge in [-0.1, -0.05) is 0 Å². The number of nitrogens with one attached hydrogen (secondary N) is 2. The lowest BCUT2D eigenvalue weighted by Crippen LogP contribution is -2.37. The Labute approximate surface area is 106 Å². The second-order valence-corrected chi connectivity index (χ2v) is 3.47. The van der Waals surface area contributed by atoms with Gasteiger partial charge in [0.15, 0.2) is 0 Å². The Morgan fingerprint density at radius 2 is 1.95 bits per heavy atom. The molecule has 0 saturated heterocycles. The number of nitro benzene ring substituents is 1. The zero-order chi connectivity index (χ0) is 14.4. The SMILES string of the molecule is NC(=O)NCCNC(=O)c1ccc(F)c([N+](=O)[O-])c1. The average Bonchev–Trinajstić information content (AvgIpc) is 2.34.